The number of ether oxygens (including phenoxy) is 1. The summed E-state index contributed by atoms with van der Waals surface area (Å²) >= 11 is 0. The lowest BCUT2D eigenvalue weighted by Gasteiger charge is -2.21. The average Bonchev–Trinajstić information content (AvgIpc) is 3.02. The van der Waals surface area contributed by atoms with Crippen molar-refractivity contribution in [3.8, 4) is 5.75 Å². The van der Waals surface area contributed by atoms with Gasteiger partial charge in [0.05, 0.1) is 25.3 Å². The Kier molecular flexibility index (Phi) is 5.45. The van der Waals surface area contributed by atoms with Gasteiger partial charge in [-0.1, -0.05) is 18.2 Å². The number of aliphatic hydroxyl groups is 1. The van der Waals surface area contributed by atoms with E-state index in [2.05, 4.69) is 5.32 Å². The van der Waals surface area contributed by atoms with Crippen LogP contribution in [0.3, 0.4) is 0 Å². The molecule has 124 valence electrons. The smallest absolute Gasteiger partial charge is 0.224 e. The predicted octanol–water partition coefficient (Wildman–Crippen LogP) is 2.63. The van der Waals surface area contributed by atoms with Crippen molar-refractivity contribution in [1.29, 1.82) is 0 Å². The minimum atomic E-state index is -1.24. The summed E-state index contributed by atoms with van der Waals surface area (Å²) in [6.45, 7) is 5.56. The summed E-state index contributed by atoms with van der Waals surface area (Å²) < 4.78 is 10.9. The quantitative estimate of drug-likeness (QED) is 0.823. The van der Waals surface area contributed by atoms with E-state index in [-0.39, 0.29) is 25.0 Å². The fourth-order valence-electron chi connectivity index (χ4n) is 2.20. The first-order chi connectivity index (χ1) is 10.9. The molecule has 23 heavy (non-hydrogen) atoms. The van der Waals surface area contributed by atoms with Crippen LogP contribution in [0.4, 0.5) is 0 Å². The van der Waals surface area contributed by atoms with Crippen LogP contribution in [0, 0.1) is 0 Å². The van der Waals surface area contributed by atoms with E-state index in [1.807, 2.05) is 38.1 Å². The Balaban J connectivity index is 1.95. The molecule has 0 fully saturated rings. The van der Waals surface area contributed by atoms with Gasteiger partial charge in [0, 0.05) is 5.56 Å². The average molecular weight is 317 g/mol. The molecule has 0 aliphatic carbocycles. The van der Waals surface area contributed by atoms with Crippen LogP contribution >= 0.6 is 0 Å². The Bertz CT molecular complexity index is 632. The SMILES string of the molecule is CC(C)Oc1ccccc1CC(=O)NCC(C)(O)c1ccco1. The van der Waals surface area contributed by atoms with Crippen LogP contribution in [-0.4, -0.2) is 23.7 Å². The third-order valence-electron chi connectivity index (χ3n) is 3.37. The third-order valence-corrected chi connectivity index (χ3v) is 3.37. The molecule has 2 N–H and O–H groups in total. The highest BCUT2D eigenvalue weighted by atomic mass is 16.5. The van der Waals surface area contributed by atoms with E-state index >= 15 is 0 Å². The van der Waals surface area contributed by atoms with Gasteiger partial charge in [-0.05, 0) is 39.0 Å². The number of carbonyl (C=O) groups is 1. The van der Waals surface area contributed by atoms with Crippen LogP contribution in [0.15, 0.2) is 47.1 Å². The molecule has 1 aromatic carbocycles. The van der Waals surface area contributed by atoms with Gasteiger partial charge in [0.1, 0.15) is 17.1 Å². The Morgan fingerprint density at radius 1 is 1.30 bits per heavy atom. The second-order valence-corrected chi connectivity index (χ2v) is 5.98. The van der Waals surface area contributed by atoms with E-state index in [9.17, 15) is 9.90 Å². The zero-order chi connectivity index (χ0) is 16.9. The Morgan fingerprint density at radius 3 is 2.70 bits per heavy atom. The lowest BCUT2D eigenvalue weighted by Crippen LogP contribution is -2.39. The first-order valence-corrected chi connectivity index (χ1v) is 7.66. The van der Waals surface area contributed by atoms with Crippen LogP contribution in [0.1, 0.15) is 32.1 Å². The van der Waals surface area contributed by atoms with Gasteiger partial charge in [-0.15, -0.1) is 0 Å². The monoisotopic (exact) mass is 317 g/mol. The number of hydrogen-bond donors (Lipinski definition) is 2. The largest absolute Gasteiger partial charge is 0.491 e. The molecule has 2 rings (SSSR count). The van der Waals surface area contributed by atoms with Crippen molar-refractivity contribution in [3.63, 3.8) is 0 Å². The fourth-order valence-corrected chi connectivity index (χ4v) is 2.20. The minimum Gasteiger partial charge on any atom is -0.491 e. The number of rotatable bonds is 7. The molecular formula is C18H23NO4. The molecule has 0 aliphatic rings. The number of amides is 1. The molecule has 0 radical (unpaired) electrons. The van der Waals surface area contributed by atoms with Gasteiger partial charge in [-0.25, -0.2) is 0 Å². The molecule has 1 atom stereocenters. The highest BCUT2D eigenvalue weighted by Crippen LogP contribution is 2.21. The van der Waals surface area contributed by atoms with Crippen LogP contribution < -0.4 is 10.1 Å². The summed E-state index contributed by atoms with van der Waals surface area (Å²) in [5.74, 6) is 0.938. The molecule has 1 heterocycles. The maximum absolute atomic E-state index is 12.2. The summed E-state index contributed by atoms with van der Waals surface area (Å²) in [7, 11) is 0. The summed E-state index contributed by atoms with van der Waals surface area (Å²) in [5.41, 5.74) is -0.427. The minimum absolute atomic E-state index is 0.0406. The summed E-state index contributed by atoms with van der Waals surface area (Å²) in [6.07, 6.45) is 1.72. The Labute approximate surface area is 136 Å². The van der Waals surface area contributed by atoms with Crippen LogP contribution in [0.2, 0.25) is 0 Å². The zero-order valence-electron chi connectivity index (χ0n) is 13.7. The number of para-hydroxylation sites is 1. The van der Waals surface area contributed by atoms with Gasteiger partial charge in [-0.2, -0.15) is 0 Å². The van der Waals surface area contributed by atoms with Crippen molar-refractivity contribution >= 4 is 5.91 Å². The maximum atomic E-state index is 12.2. The Hall–Kier alpha value is -2.27. The van der Waals surface area contributed by atoms with E-state index in [1.54, 1.807) is 19.1 Å². The molecule has 0 spiro atoms. The number of benzene rings is 1. The number of hydrogen-bond acceptors (Lipinski definition) is 4. The number of nitrogens with one attached hydrogen (secondary N) is 1. The van der Waals surface area contributed by atoms with Crippen molar-refractivity contribution < 1.29 is 19.1 Å². The molecule has 1 unspecified atom stereocenters. The van der Waals surface area contributed by atoms with Gasteiger partial charge in [-0.3, -0.25) is 4.79 Å². The van der Waals surface area contributed by atoms with Crippen LogP contribution in [-0.2, 0) is 16.8 Å². The van der Waals surface area contributed by atoms with E-state index in [0.29, 0.717) is 11.5 Å². The fraction of sp³-hybridized carbons (Fsp3) is 0.389. The molecule has 0 saturated heterocycles. The highest BCUT2D eigenvalue weighted by Gasteiger charge is 2.26. The first-order valence-electron chi connectivity index (χ1n) is 7.66. The lowest BCUT2D eigenvalue weighted by atomic mass is 10.0. The molecule has 0 saturated carbocycles. The number of furan rings is 1. The van der Waals surface area contributed by atoms with Crippen molar-refractivity contribution in [1.82, 2.24) is 5.32 Å². The van der Waals surface area contributed by atoms with E-state index in [0.717, 1.165) is 5.56 Å². The topological polar surface area (TPSA) is 71.7 Å². The molecule has 0 bridgehead atoms. The highest BCUT2D eigenvalue weighted by molar-refractivity contribution is 5.79. The number of carbonyl (C=O) groups excluding carboxylic acids is 1. The summed E-state index contributed by atoms with van der Waals surface area (Å²) in [5, 5.41) is 13.1. The van der Waals surface area contributed by atoms with Gasteiger partial charge < -0.3 is 19.6 Å². The molecule has 1 amide bonds. The van der Waals surface area contributed by atoms with Crippen molar-refractivity contribution in [3.05, 3.63) is 54.0 Å². The molecule has 2 aromatic rings. The predicted molar refractivity (Wildman–Crippen MR) is 87.2 cm³/mol. The van der Waals surface area contributed by atoms with Crippen molar-refractivity contribution in [2.75, 3.05) is 6.54 Å². The molecular weight excluding hydrogens is 294 g/mol. The normalized spacial score (nSPS) is 13.6. The second kappa shape index (κ2) is 7.33. The molecule has 0 aliphatic heterocycles. The van der Waals surface area contributed by atoms with Crippen molar-refractivity contribution in [2.45, 2.75) is 38.9 Å². The Morgan fingerprint density at radius 2 is 2.04 bits per heavy atom. The van der Waals surface area contributed by atoms with Gasteiger partial charge >= 0.3 is 0 Å². The third kappa shape index (κ3) is 4.86. The van der Waals surface area contributed by atoms with Crippen LogP contribution in [0.5, 0.6) is 5.75 Å². The second-order valence-electron chi connectivity index (χ2n) is 5.98. The van der Waals surface area contributed by atoms with E-state index in [4.69, 9.17) is 9.15 Å². The zero-order valence-corrected chi connectivity index (χ0v) is 13.7. The lowest BCUT2D eigenvalue weighted by molar-refractivity contribution is -0.121. The van der Waals surface area contributed by atoms with Crippen molar-refractivity contribution in [2.24, 2.45) is 0 Å². The molecule has 1 aromatic heterocycles. The molecule has 5 nitrogen and oxygen atoms in total. The van der Waals surface area contributed by atoms with Gasteiger partial charge in [0.25, 0.3) is 0 Å². The van der Waals surface area contributed by atoms with E-state index in [1.165, 1.54) is 6.26 Å². The van der Waals surface area contributed by atoms with Crippen LogP contribution in [0.25, 0.3) is 0 Å². The standard InChI is InChI=1S/C18H23NO4/c1-13(2)23-15-8-5-4-7-14(15)11-17(20)19-12-18(3,21)16-9-6-10-22-16/h4-10,13,21H,11-12H2,1-3H3,(H,19,20). The van der Waals surface area contributed by atoms with Gasteiger partial charge in [0.2, 0.25) is 5.91 Å². The van der Waals surface area contributed by atoms with E-state index < -0.39 is 5.60 Å². The summed E-state index contributed by atoms with van der Waals surface area (Å²) in [4.78, 5) is 12.2. The van der Waals surface area contributed by atoms with Gasteiger partial charge in [0.15, 0.2) is 0 Å². The first kappa shape index (κ1) is 17.1. The summed E-state index contributed by atoms with van der Waals surface area (Å²) in [6, 6.07) is 10.8. The molecule has 5 heteroatoms. The maximum Gasteiger partial charge on any atom is 0.224 e.